The third-order valence-corrected chi connectivity index (χ3v) is 4.97. The van der Waals surface area contributed by atoms with Gasteiger partial charge in [-0.15, -0.1) is 21.5 Å². The summed E-state index contributed by atoms with van der Waals surface area (Å²) in [6.45, 7) is 3.34. The zero-order valence-corrected chi connectivity index (χ0v) is 13.5. The number of thiophene rings is 1. The van der Waals surface area contributed by atoms with Crippen LogP contribution in [0.3, 0.4) is 0 Å². The minimum atomic E-state index is -0.174. The van der Waals surface area contributed by atoms with Crippen molar-refractivity contribution in [1.29, 1.82) is 0 Å². The van der Waals surface area contributed by atoms with Crippen LogP contribution in [0.25, 0.3) is 0 Å². The van der Waals surface area contributed by atoms with Crippen LogP contribution < -0.4 is 10.6 Å². The van der Waals surface area contributed by atoms with Gasteiger partial charge in [0.2, 0.25) is 0 Å². The predicted molar refractivity (Wildman–Crippen MR) is 85.7 cm³/mol. The van der Waals surface area contributed by atoms with Crippen molar-refractivity contribution in [2.45, 2.75) is 51.7 Å². The number of rotatable bonds is 4. The van der Waals surface area contributed by atoms with Gasteiger partial charge >= 0.3 is 6.03 Å². The molecule has 3 heterocycles. The molecular weight excluding hydrogens is 298 g/mol. The fourth-order valence-electron chi connectivity index (χ4n) is 2.69. The van der Waals surface area contributed by atoms with Crippen molar-refractivity contribution in [2.24, 2.45) is 0 Å². The molecule has 0 bridgehead atoms. The van der Waals surface area contributed by atoms with E-state index in [-0.39, 0.29) is 12.1 Å². The Hall–Kier alpha value is -1.89. The van der Waals surface area contributed by atoms with Crippen molar-refractivity contribution in [2.75, 3.05) is 0 Å². The molecule has 118 valence electrons. The second-order valence-electron chi connectivity index (χ2n) is 5.56. The number of hydrogen-bond donors (Lipinski definition) is 2. The minimum Gasteiger partial charge on any atom is -0.331 e. The molecule has 6 nitrogen and oxygen atoms in total. The molecule has 1 aliphatic rings. The van der Waals surface area contributed by atoms with Gasteiger partial charge in [0.05, 0.1) is 12.6 Å². The predicted octanol–water partition coefficient (Wildman–Crippen LogP) is 2.63. The van der Waals surface area contributed by atoms with Gasteiger partial charge in [0.15, 0.2) is 5.82 Å². The summed E-state index contributed by atoms with van der Waals surface area (Å²) in [6.07, 6.45) is 4.54. The molecule has 0 fully saturated rings. The summed E-state index contributed by atoms with van der Waals surface area (Å²) in [4.78, 5) is 13.1. The van der Waals surface area contributed by atoms with E-state index in [2.05, 4.69) is 25.4 Å². The van der Waals surface area contributed by atoms with Gasteiger partial charge in [0.1, 0.15) is 5.82 Å². The summed E-state index contributed by atoms with van der Waals surface area (Å²) in [7, 11) is 0. The number of hydrogen-bond acceptors (Lipinski definition) is 4. The number of fused-ring (bicyclic) bond motifs is 1. The summed E-state index contributed by atoms with van der Waals surface area (Å²) >= 11 is 1.64. The molecule has 0 spiro atoms. The highest BCUT2D eigenvalue weighted by molar-refractivity contribution is 7.10. The highest BCUT2D eigenvalue weighted by atomic mass is 32.1. The van der Waals surface area contributed by atoms with E-state index in [1.54, 1.807) is 11.3 Å². The van der Waals surface area contributed by atoms with E-state index in [1.807, 2.05) is 24.4 Å². The Labute approximate surface area is 133 Å². The maximum atomic E-state index is 12.0. The number of carbonyl (C=O) groups is 1. The molecule has 1 atom stereocenters. The first-order chi connectivity index (χ1) is 10.7. The van der Waals surface area contributed by atoms with E-state index in [0.29, 0.717) is 6.54 Å². The smallest absolute Gasteiger partial charge is 0.315 e. The van der Waals surface area contributed by atoms with Gasteiger partial charge in [0, 0.05) is 17.8 Å². The monoisotopic (exact) mass is 319 g/mol. The lowest BCUT2D eigenvalue weighted by molar-refractivity contribution is 0.237. The largest absolute Gasteiger partial charge is 0.331 e. The lowest BCUT2D eigenvalue weighted by Crippen LogP contribution is -2.37. The molecule has 2 N–H and O–H groups in total. The van der Waals surface area contributed by atoms with Gasteiger partial charge in [-0.25, -0.2) is 4.79 Å². The molecule has 0 aliphatic carbocycles. The van der Waals surface area contributed by atoms with E-state index in [0.717, 1.165) is 35.9 Å². The topological polar surface area (TPSA) is 71.8 Å². The Morgan fingerprint density at radius 1 is 1.41 bits per heavy atom. The third-order valence-electron chi connectivity index (χ3n) is 3.91. The molecule has 3 rings (SSSR count). The highest BCUT2D eigenvalue weighted by Gasteiger charge is 2.16. The summed E-state index contributed by atoms with van der Waals surface area (Å²) in [5.41, 5.74) is 0. The van der Waals surface area contributed by atoms with Crippen LogP contribution >= 0.6 is 11.3 Å². The quantitative estimate of drug-likeness (QED) is 0.910. The summed E-state index contributed by atoms with van der Waals surface area (Å²) in [6, 6.07) is 3.85. The standard InChI is InChI=1S/C15H21N5OS/c1-11(12-6-5-9-22-12)17-15(21)16-10-14-19-18-13-7-3-2-4-8-20(13)14/h5-6,9,11H,2-4,7-8,10H2,1H3,(H2,16,17,21)/t11-/m1/s1. The fourth-order valence-corrected chi connectivity index (χ4v) is 3.43. The maximum Gasteiger partial charge on any atom is 0.315 e. The van der Waals surface area contributed by atoms with Crippen LogP contribution in [0.4, 0.5) is 4.79 Å². The van der Waals surface area contributed by atoms with Crippen LogP contribution in [0.2, 0.25) is 0 Å². The second kappa shape index (κ2) is 6.91. The third kappa shape index (κ3) is 3.47. The summed E-state index contributed by atoms with van der Waals surface area (Å²) < 4.78 is 2.15. The molecule has 1 aliphatic heterocycles. The molecule has 2 amide bonds. The summed E-state index contributed by atoms with van der Waals surface area (Å²) in [5.74, 6) is 1.89. The molecular formula is C15H21N5OS. The van der Waals surface area contributed by atoms with Gasteiger partial charge in [-0.3, -0.25) is 0 Å². The SMILES string of the molecule is C[C@@H](NC(=O)NCc1nnc2n1CCCCC2)c1cccs1. The normalized spacial score (nSPS) is 15.7. The molecule has 0 saturated heterocycles. The Bertz CT molecular complexity index is 622. The molecule has 22 heavy (non-hydrogen) atoms. The van der Waals surface area contributed by atoms with Crippen molar-refractivity contribution in [3.8, 4) is 0 Å². The van der Waals surface area contributed by atoms with Crippen LogP contribution in [-0.2, 0) is 19.5 Å². The van der Waals surface area contributed by atoms with E-state index in [1.165, 1.54) is 12.8 Å². The van der Waals surface area contributed by atoms with Gasteiger partial charge in [-0.2, -0.15) is 0 Å². The molecule has 7 heteroatoms. The average molecular weight is 319 g/mol. The van der Waals surface area contributed by atoms with Crippen LogP contribution in [0, 0.1) is 0 Å². The van der Waals surface area contributed by atoms with Crippen molar-refractivity contribution in [3.05, 3.63) is 34.0 Å². The number of nitrogens with zero attached hydrogens (tertiary/aromatic N) is 3. The van der Waals surface area contributed by atoms with Gasteiger partial charge in [0.25, 0.3) is 0 Å². The molecule has 2 aromatic heterocycles. The molecule has 2 aromatic rings. The lowest BCUT2D eigenvalue weighted by Gasteiger charge is -2.13. The van der Waals surface area contributed by atoms with Crippen molar-refractivity contribution >= 4 is 17.4 Å². The average Bonchev–Trinajstić information content (AvgIpc) is 3.11. The summed E-state index contributed by atoms with van der Waals surface area (Å²) in [5, 5.41) is 16.3. The first-order valence-corrected chi connectivity index (χ1v) is 8.60. The maximum absolute atomic E-state index is 12.0. The molecule has 0 aromatic carbocycles. The highest BCUT2D eigenvalue weighted by Crippen LogP contribution is 2.18. The minimum absolute atomic E-state index is 0.00974. The number of nitrogens with one attached hydrogen (secondary N) is 2. The molecule has 0 unspecified atom stereocenters. The Morgan fingerprint density at radius 2 is 2.32 bits per heavy atom. The molecule has 0 radical (unpaired) electrons. The zero-order valence-electron chi connectivity index (χ0n) is 12.7. The Kier molecular flexibility index (Phi) is 4.72. The first-order valence-electron chi connectivity index (χ1n) is 7.73. The number of urea groups is 1. The number of aryl methyl sites for hydroxylation is 1. The first kappa shape index (κ1) is 15.0. The van der Waals surface area contributed by atoms with Crippen LogP contribution in [0.5, 0.6) is 0 Å². The van der Waals surface area contributed by atoms with Crippen molar-refractivity contribution in [3.63, 3.8) is 0 Å². The van der Waals surface area contributed by atoms with Gasteiger partial charge in [-0.05, 0) is 31.2 Å². The second-order valence-corrected chi connectivity index (χ2v) is 6.54. The van der Waals surface area contributed by atoms with Crippen molar-refractivity contribution in [1.82, 2.24) is 25.4 Å². The van der Waals surface area contributed by atoms with Gasteiger partial charge in [-0.1, -0.05) is 12.5 Å². The van der Waals surface area contributed by atoms with Crippen LogP contribution in [-0.4, -0.2) is 20.8 Å². The zero-order chi connectivity index (χ0) is 15.4. The van der Waals surface area contributed by atoms with Crippen LogP contribution in [0.1, 0.15) is 48.8 Å². The van der Waals surface area contributed by atoms with E-state index >= 15 is 0 Å². The fraction of sp³-hybridized carbons (Fsp3) is 0.533. The number of amides is 2. The lowest BCUT2D eigenvalue weighted by atomic mass is 10.2. The molecule has 0 saturated carbocycles. The van der Waals surface area contributed by atoms with Crippen molar-refractivity contribution < 1.29 is 4.79 Å². The van der Waals surface area contributed by atoms with E-state index in [4.69, 9.17) is 0 Å². The number of carbonyl (C=O) groups excluding carboxylic acids is 1. The number of aromatic nitrogens is 3. The van der Waals surface area contributed by atoms with Crippen LogP contribution in [0.15, 0.2) is 17.5 Å². The van der Waals surface area contributed by atoms with Gasteiger partial charge < -0.3 is 15.2 Å². The van der Waals surface area contributed by atoms with E-state index in [9.17, 15) is 4.79 Å². The van der Waals surface area contributed by atoms with E-state index < -0.39 is 0 Å². The Balaban J connectivity index is 1.54. The Morgan fingerprint density at radius 3 is 3.14 bits per heavy atom.